The Morgan fingerprint density at radius 1 is 1.15 bits per heavy atom. The highest BCUT2D eigenvalue weighted by Gasteiger charge is 2.33. The van der Waals surface area contributed by atoms with E-state index in [0.29, 0.717) is 12.1 Å². The molecule has 3 nitrogen and oxygen atoms in total. The van der Waals surface area contributed by atoms with Gasteiger partial charge >= 0.3 is 0 Å². The fourth-order valence-corrected chi connectivity index (χ4v) is 4.16. The minimum Gasteiger partial charge on any atom is -0.383 e. The van der Waals surface area contributed by atoms with Crippen molar-refractivity contribution in [1.82, 2.24) is 10.6 Å². The van der Waals surface area contributed by atoms with E-state index >= 15 is 0 Å². The minimum absolute atomic E-state index is 0.541. The molecule has 4 atom stereocenters. The number of nitrogens with one attached hydrogen (secondary N) is 2. The van der Waals surface area contributed by atoms with Crippen molar-refractivity contribution in [3.05, 3.63) is 0 Å². The van der Waals surface area contributed by atoms with E-state index in [9.17, 15) is 0 Å². The molecule has 0 spiro atoms. The Kier molecular flexibility index (Phi) is 7.32. The van der Waals surface area contributed by atoms with Gasteiger partial charge in [-0.05, 0) is 44.6 Å². The van der Waals surface area contributed by atoms with Gasteiger partial charge in [0.25, 0.3) is 0 Å². The van der Waals surface area contributed by atoms with Crippen LogP contribution in [0.3, 0.4) is 0 Å². The summed E-state index contributed by atoms with van der Waals surface area (Å²) < 4.78 is 5.40. The average Bonchev–Trinajstić information content (AvgIpc) is 2.49. The number of hydrogen-bond donors (Lipinski definition) is 2. The van der Waals surface area contributed by atoms with E-state index in [1.807, 2.05) is 7.11 Å². The summed E-state index contributed by atoms with van der Waals surface area (Å²) in [4.78, 5) is 0. The lowest BCUT2D eigenvalue weighted by atomic mass is 9.77. The minimum atomic E-state index is 0.541. The maximum Gasteiger partial charge on any atom is 0.0615 e. The predicted octanol–water partition coefficient (Wildman–Crippen LogP) is 3.09. The van der Waals surface area contributed by atoms with Crippen molar-refractivity contribution >= 4 is 0 Å². The van der Waals surface area contributed by atoms with Gasteiger partial charge < -0.3 is 15.4 Å². The Morgan fingerprint density at radius 3 is 2.65 bits per heavy atom. The maximum atomic E-state index is 5.40. The zero-order valence-electron chi connectivity index (χ0n) is 13.5. The molecule has 2 rings (SSSR count). The van der Waals surface area contributed by atoms with Crippen LogP contribution in [0, 0.1) is 5.92 Å². The molecule has 1 saturated heterocycles. The van der Waals surface area contributed by atoms with Crippen LogP contribution in [0.2, 0.25) is 0 Å². The van der Waals surface area contributed by atoms with Gasteiger partial charge in [0, 0.05) is 25.2 Å². The van der Waals surface area contributed by atoms with Crippen LogP contribution >= 0.6 is 0 Å². The molecule has 0 aromatic heterocycles. The molecule has 0 bridgehead atoms. The zero-order valence-corrected chi connectivity index (χ0v) is 13.5. The lowest BCUT2D eigenvalue weighted by molar-refractivity contribution is 0.124. The van der Waals surface area contributed by atoms with Crippen molar-refractivity contribution in [2.75, 3.05) is 20.3 Å². The second-order valence-corrected chi connectivity index (χ2v) is 6.72. The van der Waals surface area contributed by atoms with Crippen LogP contribution in [0.5, 0.6) is 0 Å². The van der Waals surface area contributed by atoms with Crippen LogP contribution < -0.4 is 10.6 Å². The van der Waals surface area contributed by atoms with Crippen molar-refractivity contribution in [2.45, 2.75) is 82.8 Å². The van der Waals surface area contributed by atoms with Gasteiger partial charge in [-0.15, -0.1) is 0 Å². The second-order valence-electron chi connectivity index (χ2n) is 6.72. The Balaban J connectivity index is 1.90. The van der Waals surface area contributed by atoms with Gasteiger partial charge in [0.1, 0.15) is 0 Å². The normalized spacial score (nSPS) is 33.0. The molecule has 0 aromatic rings. The highest BCUT2D eigenvalue weighted by atomic mass is 16.5. The first-order chi connectivity index (χ1) is 9.85. The molecule has 1 aliphatic heterocycles. The highest BCUT2D eigenvalue weighted by Crippen LogP contribution is 2.31. The molecule has 0 aromatic carbocycles. The van der Waals surface area contributed by atoms with Gasteiger partial charge in [-0.2, -0.15) is 0 Å². The monoisotopic (exact) mass is 282 g/mol. The second kappa shape index (κ2) is 9.01. The van der Waals surface area contributed by atoms with Crippen LogP contribution in [0.15, 0.2) is 0 Å². The van der Waals surface area contributed by atoms with E-state index in [2.05, 4.69) is 17.6 Å². The van der Waals surface area contributed by atoms with Gasteiger partial charge in [0.15, 0.2) is 0 Å². The van der Waals surface area contributed by atoms with Crippen molar-refractivity contribution in [3.63, 3.8) is 0 Å². The van der Waals surface area contributed by atoms with Gasteiger partial charge in [-0.3, -0.25) is 0 Å². The van der Waals surface area contributed by atoms with Gasteiger partial charge in [0.05, 0.1) is 6.61 Å². The van der Waals surface area contributed by atoms with E-state index in [4.69, 9.17) is 4.74 Å². The lowest BCUT2D eigenvalue weighted by Gasteiger charge is -2.41. The summed E-state index contributed by atoms with van der Waals surface area (Å²) in [6, 6.07) is 2.00. The number of ether oxygens (including phenoxy) is 1. The van der Waals surface area contributed by atoms with Crippen LogP contribution in [0.4, 0.5) is 0 Å². The molecule has 2 N–H and O–H groups in total. The third-order valence-electron chi connectivity index (χ3n) is 5.14. The smallest absolute Gasteiger partial charge is 0.0615 e. The molecule has 2 fully saturated rings. The quantitative estimate of drug-likeness (QED) is 0.753. The largest absolute Gasteiger partial charge is 0.383 e. The zero-order chi connectivity index (χ0) is 14.2. The molecule has 1 aliphatic carbocycles. The summed E-state index contributed by atoms with van der Waals surface area (Å²) >= 11 is 0. The van der Waals surface area contributed by atoms with Gasteiger partial charge in [-0.25, -0.2) is 0 Å². The average molecular weight is 282 g/mol. The van der Waals surface area contributed by atoms with Crippen LogP contribution in [0.1, 0.15) is 64.7 Å². The molecule has 3 heteroatoms. The van der Waals surface area contributed by atoms with Crippen molar-refractivity contribution in [1.29, 1.82) is 0 Å². The van der Waals surface area contributed by atoms with E-state index < -0.39 is 0 Å². The number of hydrogen-bond acceptors (Lipinski definition) is 3. The summed E-state index contributed by atoms with van der Waals surface area (Å²) in [5, 5.41) is 7.72. The summed E-state index contributed by atoms with van der Waals surface area (Å²) in [7, 11) is 1.82. The fraction of sp³-hybridized carbons (Fsp3) is 1.00. The van der Waals surface area contributed by atoms with Gasteiger partial charge in [-0.1, -0.05) is 32.6 Å². The Labute approximate surface area is 125 Å². The third-order valence-corrected chi connectivity index (χ3v) is 5.14. The summed E-state index contributed by atoms with van der Waals surface area (Å²) in [5.74, 6) is 0.834. The molecule has 1 saturated carbocycles. The Morgan fingerprint density at radius 2 is 1.95 bits per heavy atom. The summed E-state index contributed by atoms with van der Waals surface area (Å²) in [6.45, 7) is 4.35. The summed E-state index contributed by atoms with van der Waals surface area (Å²) in [6.07, 6.45) is 12.2. The standard InChI is InChI=1S/C17H34N2O/c1-3-8-14(13-20-2)19-17-11-5-4-9-15(17)16-10-6-7-12-18-16/h14-19H,3-13H2,1-2H3. The van der Waals surface area contributed by atoms with E-state index in [0.717, 1.165) is 18.6 Å². The summed E-state index contributed by atoms with van der Waals surface area (Å²) in [5.41, 5.74) is 0. The number of rotatable bonds is 7. The first kappa shape index (κ1) is 16.3. The molecule has 1 heterocycles. The van der Waals surface area contributed by atoms with Crippen molar-refractivity contribution in [3.8, 4) is 0 Å². The molecular weight excluding hydrogens is 248 g/mol. The van der Waals surface area contributed by atoms with Crippen LogP contribution in [-0.2, 0) is 4.74 Å². The number of piperidine rings is 1. The van der Waals surface area contributed by atoms with Crippen LogP contribution in [0.25, 0.3) is 0 Å². The molecule has 2 aliphatic rings. The molecule has 0 amide bonds. The molecule has 0 radical (unpaired) electrons. The number of methoxy groups -OCH3 is 1. The topological polar surface area (TPSA) is 33.3 Å². The lowest BCUT2D eigenvalue weighted by Crippen LogP contribution is -2.53. The maximum absolute atomic E-state index is 5.40. The Bertz CT molecular complexity index is 247. The third kappa shape index (κ3) is 4.71. The highest BCUT2D eigenvalue weighted by molar-refractivity contribution is 4.91. The first-order valence-corrected chi connectivity index (χ1v) is 8.83. The molecular formula is C17H34N2O. The first-order valence-electron chi connectivity index (χ1n) is 8.83. The predicted molar refractivity (Wildman–Crippen MR) is 85.1 cm³/mol. The van der Waals surface area contributed by atoms with Crippen molar-refractivity contribution < 1.29 is 4.74 Å². The van der Waals surface area contributed by atoms with E-state index in [1.165, 1.54) is 64.3 Å². The molecule has 20 heavy (non-hydrogen) atoms. The SMILES string of the molecule is CCCC(COC)NC1CCCCC1C1CCCCN1. The van der Waals surface area contributed by atoms with E-state index in [1.54, 1.807) is 0 Å². The van der Waals surface area contributed by atoms with Crippen LogP contribution in [-0.4, -0.2) is 38.4 Å². The fourth-order valence-electron chi connectivity index (χ4n) is 4.16. The molecule has 118 valence electrons. The Hall–Kier alpha value is -0.120. The van der Waals surface area contributed by atoms with Crippen molar-refractivity contribution in [2.24, 2.45) is 5.92 Å². The molecule has 4 unspecified atom stereocenters. The van der Waals surface area contributed by atoms with Gasteiger partial charge in [0.2, 0.25) is 0 Å². The van der Waals surface area contributed by atoms with E-state index in [-0.39, 0.29) is 0 Å².